The highest BCUT2D eigenvalue weighted by atomic mass is 16.3. The molecule has 1 atom stereocenters. The molecule has 12 heavy (non-hydrogen) atoms. The third-order valence-electron chi connectivity index (χ3n) is 1.62. The SMILES string of the molecule is C=CC(=O)NCC(C)(O)CCC. The number of nitrogens with one attached hydrogen (secondary N) is 1. The molecule has 0 rings (SSSR count). The van der Waals surface area contributed by atoms with Gasteiger partial charge in [-0.1, -0.05) is 19.9 Å². The summed E-state index contributed by atoms with van der Waals surface area (Å²) in [5.41, 5.74) is -0.798. The van der Waals surface area contributed by atoms with Crippen LogP contribution in [0.1, 0.15) is 26.7 Å². The van der Waals surface area contributed by atoms with Crippen molar-refractivity contribution in [1.82, 2.24) is 5.32 Å². The molecule has 0 fully saturated rings. The van der Waals surface area contributed by atoms with E-state index in [2.05, 4.69) is 11.9 Å². The van der Waals surface area contributed by atoms with Gasteiger partial charge in [-0.3, -0.25) is 4.79 Å². The molecule has 0 radical (unpaired) electrons. The van der Waals surface area contributed by atoms with Crippen LogP contribution in [0.5, 0.6) is 0 Å². The number of amides is 1. The minimum absolute atomic E-state index is 0.244. The van der Waals surface area contributed by atoms with E-state index in [0.717, 1.165) is 6.42 Å². The summed E-state index contributed by atoms with van der Waals surface area (Å²) in [4.78, 5) is 10.7. The summed E-state index contributed by atoms with van der Waals surface area (Å²) in [6, 6.07) is 0. The van der Waals surface area contributed by atoms with Crippen LogP contribution in [0.4, 0.5) is 0 Å². The summed E-state index contributed by atoms with van der Waals surface area (Å²) in [5.74, 6) is -0.244. The van der Waals surface area contributed by atoms with Gasteiger partial charge in [0.25, 0.3) is 0 Å². The Morgan fingerprint density at radius 1 is 1.75 bits per heavy atom. The van der Waals surface area contributed by atoms with Crippen molar-refractivity contribution in [1.29, 1.82) is 0 Å². The Bertz CT molecular complexity index is 164. The summed E-state index contributed by atoms with van der Waals surface area (Å²) in [5, 5.41) is 12.2. The van der Waals surface area contributed by atoms with Crippen molar-refractivity contribution in [3.05, 3.63) is 12.7 Å². The molecule has 0 aromatic carbocycles. The molecule has 0 heterocycles. The van der Waals surface area contributed by atoms with Crippen molar-refractivity contribution < 1.29 is 9.90 Å². The number of hydrogen-bond acceptors (Lipinski definition) is 2. The molecule has 0 bridgehead atoms. The van der Waals surface area contributed by atoms with E-state index in [-0.39, 0.29) is 12.5 Å². The zero-order valence-electron chi connectivity index (χ0n) is 7.76. The van der Waals surface area contributed by atoms with Gasteiger partial charge in [0.2, 0.25) is 5.91 Å². The highest BCUT2D eigenvalue weighted by Gasteiger charge is 2.18. The Hall–Kier alpha value is -0.830. The van der Waals surface area contributed by atoms with E-state index in [1.165, 1.54) is 6.08 Å². The topological polar surface area (TPSA) is 49.3 Å². The lowest BCUT2D eigenvalue weighted by Crippen LogP contribution is -2.39. The molecule has 70 valence electrons. The lowest BCUT2D eigenvalue weighted by atomic mass is 10.0. The predicted octanol–water partition coefficient (Wildman–Crippen LogP) is 0.840. The molecule has 0 aliphatic heterocycles. The molecule has 0 saturated carbocycles. The highest BCUT2D eigenvalue weighted by molar-refractivity contribution is 5.86. The second-order valence-electron chi connectivity index (χ2n) is 3.17. The molecule has 0 aromatic rings. The molecule has 1 amide bonds. The molecule has 0 aliphatic carbocycles. The number of carbonyl (C=O) groups is 1. The van der Waals surface area contributed by atoms with Crippen LogP contribution >= 0.6 is 0 Å². The fraction of sp³-hybridized carbons (Fsp3) is 0.667. The maximum Gasteiger partial charge on any atom is 0.243 e. The van der Waals surface area contributed by atoms with E-state index in [0.29, 0.717) is 6.42 Å². The van der Waals surface area contributed by atoms with E-state index in [1.54, 1.807) is 6.92 Å². The van der Waals surface area contributed by atoms with E-state index in [9.17, 15) is 9.90 Å². The Balaban J connectivity index is 3.74. The van der Waals surface area contributed by atoms with Gasteiger partial charge in [-0.15, -0.1) is 0 Å². The molecule has 0 aliphatic rings. The first-order valence-electron chi connectivity index (χ1n) is 4.14. The predicted molar refractivity (Wildman–Crippen MR) is 48.7 cm³/mol. The molecule has 0 saturated heterocycles. The molecular formula is C9H17NO2. The van der Waals surface area contributed by atoms with Gasteiger partial charge in [0.05, 0.1) is 5.60 Å². The van der Waals surface area contributed by atoms with Crippen LogP contribution in [0.25, 0.3) is 0 Å². The normalized spacial score (nSPS) is 14.9. The largest absolute Gasteiger partial charge is 0.388 e. The van der Waals surface area contributed by atoms with Crippen LogP contribution in [0.2, 0.25) is 0 Å². The number of aliphatic hydroxyl groups is 1. The zero-order valence-corrected chi connectivity index (χ0v) is 7.76. The average molecular weight is 171 g/mol. The third-order valence-corrected chi connectivity index (χ3v) is 1.62. The highest BCUT2D eigenvalue weighted by Crippen LogP contribution is 2.09. The van der Waals surface area contributed by atoms with Crippen LogP contribution in [0.3, 0.4) is 0 Å². The van der Waals surface area contributed by atoms with Crippen LogP contribution in [-0.4, -0.2) is 23.2 Å². The van der Waals surface area contributed by atoms with E-state index >= 15 is 0 Å². The standard InChI is InChI=1S/C9H17NO2/c1-4-6-9(3,12)7-10-8(11)5-2/h5,12H,2,4,6-7H2,1,3H3,(H,10,11). The zero-order chi connectivity index (χ0) is 9.61. The molecule has 3 heteroatoms. The van der Waals surface area contributed by atoms with Gasteiger partial charge in [0.15, 0.2) is 0 Å². The fourth-order valence-electron chi connectivity index (χ4n) is 0.977. The molecule has 2 N–H and O–H groups in total. The Kier molecular flexibility index (Phi) is 4.59. The van der Waals surface area contributed by atoms with Crippen LogP contribution < -0.4 is 5.32 Å². The van der Waals surface area contributed by atoms with Gasteiger partial charge < -0.3 is 10.4 Å². The second-order valence-corrected chi connectivity index (χ2v) is 3.17. The summed E-state index contributed by atoms with van der Waals surface area (Å²) < 4.78 is 0. The Morgan fingerprint density at radius 2 is 2.33 bits per heavy atom. The molecule has 1 unspecified atom stereocenters. The average Bonchev–Trinajstić information content (AvgIpc) is 2.00. The van der Waals surface area contributed by atoms with E-state index < -0.39 is 5.60 Å². The first-order valence-corrected chi connectivity index (χ1v) is 4.14. The number of hydrogen-bond donors (Lipinski definition) is 2. The molecule has 0 spiro atoms. The quantitative estimate of drug-likeness (QED) is 0.602. The van der Waals surface area contributed by atoms with Crippen molar-refractivity contribution in [2.45, 2.75) is 32.3 Å². The fourth-order valence-corrected chi connectivity index (χ4v) is 0.977. The smallest absolute Gasteiger partial charge is 0.243 e. The van der Waals surface area contributed by atoms with Crippen molar-refractivity contribution in [2.75, 3.05) is 6.54 Å². The number of rotatable bonds is 5. The van der Waals surface area contributed by atoms with Gasteiger partial charge in [-0.2, -0.15) is 0 Å². The Labute approximate surface area is 73.5 Å². The monoisotopic (exact) mass is 171 g/mol. The van der Waals surface area contributed by atoms with Crippen molar-refractivity contribution in [2.24, 2.45) is 0 Å². The van der Waals surface area contributed by atoms with Gasteiger partial charge in [-0.05, 0) is 19.4 Å². The number of carbonyl (C=O) groups excluding carboxylic acids is 1. The van der Waals surface area contributed by atoms with Crippen LogP contribution in [0, 0.1) is 0 Å². The van der Waals surface area contributed by atoms with Crippen molar-refractivity contribution >= 4 is 5.91 Å². The summed E-state index contributed by atoms with van der Waals surface area (Å²) in [7, 11) is 0. The summed E-state index contributed by atoms with van der Waals surface area (Å²) in [6.45, 7) is 7.30. The lowest BCUT2D eigenvalue weighted by molar-refractivity contribution is -0.117. The molecule has 3 nitrogen and oxygen atoms in total. The molecular weight excluding hydrogens is 154 g/mol. The summed E-state index contributed by atoms with van der Waals surface area (Å²) in [6.07, 6.45) is 2.78. The van der Waals surface area contributed by atoms with Crippen molar-refractivity contribution in [3.8, 4) is 0 Å². The van der Waals surface area contributed by atoms with E-state index in [4.69, 9.17) is 0 Å². The van der Waals surface area contributed by atoms with Crippen LogP contribution in [-0.2, 0) is 4.79 Å². The van der Waals surface area contributed by atoms with Gasteiger partial charge in [0, 0.05) is 6.54 Å². The van der Waals surface area contributed by atoms with E-state index in [1.807, 2.05) is 6.92 Å². The minimum Gasteiger partial charge on any atom is -0.388 e. The maximum atomic E-state index is 10.7. The van der Waals surface area contributed by atoms with Gasteiger partial charge in [-0.25, -0.2) is 0 Å². The first kappa shape index (κ1) is 11.2. The van der Waals surface area contributed by atoms with Gasteiger partial charge >= 0.3 is 0 Å². The minimum atomic E-state index is -0.798. The maximum absolute atomic E-state index is 10.7. The van der Waals surface area contributed by atoms with Crippen LogP contribution in [0.15, 0.2) is 12.7 Å². The van der Waals surface area contributed by atoms with Crippen molar-refractivity contribution in [3.63, 3.8) is 0 Å². The third kappa shape index (κ3) is 4.91. The lowest BCUT2D eigenvalue weighted by Gasteiger charge is -2.22. The first-order chi connectivity index (χ1) is 5.52. The summed E-state index contributed by atoms with van der Waals surface area (Å²) >= 11 is 0. The Morgan fingerprint density at radius 3 is 2.75 bits per heavy atom. The second kappa shape index (κ2) is 4.93. The van der Waals surface area contributed by atoms with Gasteiger partial charge in [0.1, 0.15) is 0 Å². The molecule has 0 aromatic heterocycles.